The highest BCUT2D eigenvalue weighted by Gasteiger charge is 2.43. The number of carbonyl (C=O) groups excluding carboxylic acids is 1. The predicted octanol–water partition coefficient (Wildman–Crippen LogP) is 3.70. The molecule has 1 aliphatic carbocycles. The summed E-state index contributed by atoms with van der Waals surface area (Å²) in [5, 5.41) is 0.637. The zero-order chi connectivity index (χ0) is 19.6. The monoisotopic (exact) mass is 394 g/mol. The highest BCUT2D eigenvalue weighted by Crippen LogP contribution is 2.44. The number of imidazole rings is 1. The molecule has 28 heavy (non-hydrogen) atoms. The lowest BCUT2D eigenvalue weighted by Crippen LogP contribution is -2.31. The summed E-state index contributed by atoms with van der Waals surface area (Å²) in [6.45, 7) is 1.76. The van der Waals surface area contributed by atoms with E-state index in [2.05, 4.69) is 4.98 Å². The minimum absolute atomic E-state index is 0.0777. The lowest BCUT2D eigenvalue weighted by atomic mass is 10.0. The fraction of sp³-hybridized carbons (Fsp3) is 0.286. The van der Waals surface area contributed by atoms with Gasteiger partial charge in [0, 0.05) is 29.7 Å². The maximum atomic E-state index is 13.4. The van der Waals surface area contributed by atoms with Crippen LogP contribution in [0.4, 0.5) is 5.69 Å². The van der Waals surface area contributed by atoms with Crippen molar-refractivity contribution in [3.8, 4) is 0 Å². The van der Waals surface area contributed by atoms with E-state index in [1.807, 2.05) is 24.3 Å². The first-order chi connectivity index (χ1) is 13.4. The molecule has 1 saturated carbocycles. The second-order valence-corrected chi connectivity index (χ2v) is 8.02. The van der Waals surface area contributed by atoms with Gasteiger partial charge in [-0.25, -0.2) is 4.98 Å². The third kappa shape index (κ3) is 2.59. The Bertz CT molecular complexity index is 1130. The predicted molar refractivity (Wildman–Crippen MR) is 107 cm³/mol. The van der Waals surface area contributed by atoms with Gasteiger partial charge >= 0.3 is 0 Å². The average Bonchev–Trinajstić information content (AvgIpc) is 3.37. The third-order valence-electron chi connectivity index (χ3n) is 5.48. The molecule has 6 nitrogen and oxygen atoms in total. The molecule has 142 valence electrons. The quantitative estimate of drug-likeness (QED) is 0.736. The van der Waals surface area contributed by atoms with Crippen molar-refractivity contribution >= 4 is 23.2 Å². The van der Waals surface area contributed by atoms with E-state index in [1.165, 1.54) is 4.57 Å². The van der Waals surface area contributed by atoms with Crippen molar-refractivity contribution in [3.63, 3.8) is 0 Å². The molecule has 1 atom stereocenters. The average molecular weight is 395 g/mol. The first-order valence-corrected chi connectivity index (χ1v) is 9.68. The number of pyridine rings is 1. The van der Waals surface area contributed by atoms with Crippen LogP contribution in [-0.2, 0) is 7.05 Å². The maximum absolute atomic E-state index is 13.4. The molecule has 0 saturated heterocycles. The van der Waals surface area contributed by atoms with Crippen LogP contribution in [0.15, 0.2) is 41.3 Å². The number of rotatable bonds is 3. The number of aryl methyl sites for hydroxylation is 2. The van der Waals surface area contributed by atoms with Crippen LogP contribution < -0.4 is 10.5 Å². The molecule has 2 aromatic heterocycles. The van der Waals surface area contributed by atoms with Gasteiger partial charge in [-0.15, -0.1) is 0 Å². The van der Waals surface area contributed by atoms with Crippen LogP contribution in [0.25, 0.3) is 0 Å². The van der Waals surface area contributed by atoms with E-state index >= 15 is 0 Å². The minimum Gasteiger partial charge on any atom is -0.337 e. The maximum Gasteiger partial charge on any atom is 0.277 e. The SMILES string of the molecule is Cc1cc(N2C(=O)c3[nH]c(C4CC4)nc3[C@H]2c2ccc(Cl)cc2)cn(C)c1=O. The number of aromatic nitrogens is 3. The molecule has 1 aliphatic heterocycles. The topological polar surface area (TPSA) is 71.0 Å². The van der Waals surface area contributed by atoms with Gasteiger partial charge in [0.25, 0.3) is 11.5 Å². The molecule has 7 heteroatoms. The van der Waals surface area contributed by atoms with Crippen LogP contribution >= 0.6 is 11.6 Å². The molecule has 0 spiro atoms. The fourth-order valence-electron chi connectivity index (χ4n) is 3.88. The largest absolute Gasteiger partial charge is 0.337 e. The van der Waals surface area contributed by atoms with Gasteiger partial charge in [0.2, 0.25) is 0 Å². The Morgan fingerprint density at radius 2 is 1.89 bits per heavy atom. The van der Waals surface area contributed by atoms with Crippen molar-refractivity contribution in [1.29, 1.82) is 0 Å². The van der Waals surface area contributed by atoms with Gasteiger partial charge in [-0.2, -0.15) is 0 Å². The Balaban J connectivity index is 1.68. The number of nitrogens with one attached hydrogen (secondary N) is 1. The van der Waals surface area contributed by atoms with Gasteiger partial charge in [0.05, 0.1) is 11.4 Å². The van der Waals surface area contributed by atoms with E-state index in [0.29, 0.717) is 27.9 Å². The molecule has 5 rings (SSSR count). The molecule has 1 fully saturated rings. The first kappa shape index (κ1) is 17.3. The lowest BCUT2D eigenvalue weighted by Gasteiger charge is -2.26. The number of anilines is 1. The highest BCUT2D eigenvalue weighted by atomic mass is 35.5. The number of amides is 1. The van der Waals surface area contributed by atoms with E-state index in [-0.39, 0.29) is 17.5 Å². The number of H-pyrrole nitrogens is 1. The molecular weight excluding hydrogens is 376 g/mol. The molecule has 2 aliphatic rings. The Morgan fingerprint density at radius 3 is 2.54 bits per heavy atom. The molecule has 1 aromatic carbocycles. The Morgan fingerprint density at radius 1 is 1.18 bits per heavy atom. The van der Waals surface area contributed by atoms with Gasteiger partial charge < -0.3 is 9.55 Å². The number of halogens is 1. The molecule has 1 N–H and O–H groups in total. The molecule has 0 radical (unpaired) electrons. The first-order valence-electron chi connectivity index (χ1n) is 9.30. The van der Waals surface area contributed by atoms with Crippen LogP contribution in [-0.4, -0.2) is 20.4 Å². The zero-order valence-corrected chi connectivity index (χ0v) is 16.3. The normalized spacial score (nSPS) is 18.6. The van der Waals surface area contributed by atoms with Crippen molar-refractivity contribution < 1.29 is 4.79 Å². The Hall–Kier alpha value is -2.86. The summed E-state index contributed by atoms with van der Waals surface area (Å²) in [4.78, 5) is 35.3. The van der Waals surface area contributed by atoms with Gasteiger partial charge in [-0.1, -0.05) is 23.7 Å². The van der Waals surface area contributed by atoms with Crippen molar-refractivity contribution in [1.82, 2.24) is 14.5 Å². The number of carbonyl (C=O) groups is 1. The molecule has 0 unspecified atom stereocenters. The van der Waals surface area contributed by atoms with Gasteiger partial charge in [0.15, 0.2) is 0 Å². The van der Waals surface area contributed by atoms with Crippen molar-refractivity contribution in [3.05, 3.63) is 80.2 Å². The van der Waals surface area contributed by atoms with Crippen molar-refractivity contribution in [2.45, 2.75) is 31.7 Å². The summed E-state index contributed by atoms with van der Waals surface area (Å²) in [7, 11) is 1.69. The molecule has 0 bridgehead atoms. The second-order valence-electron chi connectivity index (χ2n) is 7.58. The number of fused-ring (bicyclic) bond motifs is 1. The summed E-state index contributed by atoms with van der Waals surface area (Å²) >= 11 is 6.07. The number of benzene rings is 1. The van der Waals surface area contributed by atoms with E-state index in [9.17, 15) is 9.59 Å². The third-order valence-corrected chi connectivity index (χ3v) is 5.73. The van der Waals surface area contributed by atoms with E-state index < -0.39 is 0 Å². The Kier molecular flexibility index (Phi) is 3.74. The molecule has 1 amide bonds. The second kappa shape index (κ2) is 6.07. The van der Waals surface area contributed by atoms with E-state index in [0.717, 1.165) is 29.9 Å². The van der Waals surface area contributed by atoms with Crippen molar-refractivity contribution in [2.75, 3.05) is 4.90 Å². The molecular formula is C21H19ClN4O2. The smallest absolute Gasteiger partial charge is 0.277 e. The fourth-order valence-corrected chi connectivity index (χ4v) is 4.01. The Labute approximate surface area is 166 Å². The van der Waals surface area contributed by atoms with Crippen LogP contribution in [0.1, 0.15) is 57.9 Å². The zero-order valence-electron chi connectivity index (χ0n) is 15.6. The molecule has 3 heterocycles. The van der Waals surface area contributed by atoms with Crippen LogP contribution in [0.2, 0.25) is 5.02 Å². The number of hydrogen-bond acceptors (Lipinski definition) is 3. The van der Waals surface area contributed by atoms with Gasteiger partial charge in [-0.05, 0) is 43.5 Å². The van der Waals surface area contributed by atoms with Gasteiger partial charge in [0.1, 0.15) is 17.6 Å². The number of nitrogens with zero attached hydrogens (tertiary/aromatic N) is 3. The minimum atomic E-state index is -0.361. The number of hydrogen-bond donors (Lipinski definition) is 1. The highest BCUT2D eigenvalue weighted by molar-refractivity contribution is 6.30. The van der Waals surface area contributed by atoms with E-state index in [4.69, 9.17) is 16.6 Å². The summed E-state index contributed by atoms with van der Waals surface area (Å²) in [6.07, 6.45) is 3.91. The standard InChI is InChI=1S/C21H19ClN4O2/c1-11-9-15(10-25(2)20(11)27)26-18(12-5-7-14(22)8-6-12)16-17(21(26)28)24-19(23-16)13-3-4-13/h5-10,13,18H,3-4H2,1-2H3,(H,23,24)/t18-/m1/s1. The summed E-state index contributed by atoms with van der Waals surface area (Å²) in [5.41, 5.74) is 3.38. The van der Waals surface area contributed by atoms with Crippen LogP contribution in [0, 0.1) is 6.92 Å². The molecule has 3 aromatic rings. The van der Waals surface area contributed by atoms with Crippen molar-refractivity contribution in [2.24, 2.45) is 7.05 Å². The summed E-state index contributed by atoms with van der Waals surface area (Å²) < 4.78 is 1.51. The summed E-state index contributed by atoms with van der Waals surface area (Å²) in [5.74, 6) is 1.19. The summed E-state index contributed by atoms with van der Waals surface area (Å²) in [6, 6.07) is 8.87. The lowest BCUT2D eigenvalue weighted by molar-refractivity contribution is 0.0989. The van der Waals surface area contributed by atoms with Gasteiger partial charge in [-0.3, -0.25) is 14.5 Å². The number of aromatic amines is 1. The van der Waals surface area contributed by atoms with Crippen LogP contribution in [0.3, 0.4) is 0 Å². The van der Waals surface area contributed by atoms with Crippen LogP contribution in [0.5, 0.6) is 0 Å². The van der Waals surface area contributed by atoms with E-state index in [1.54, 1.807) is 31.1 Å².